The zero-order valence-corrected chi connectivity index (χ0v) is 22.2. The Morgan fingerprint density at radius 2 is 1.68 bits per heavy atom. The van der Waals surface area contributed by atoms with Gasteiger partial charge in [0, 0.05) is 22.9 Å². The van der Waals surface area contributed by atoms with Gasteiger partial charge in [0.15, 0.2) is 0 Å². The maximum Gasteiger partial charge on any atom is 0.416 e. The average Bonchev–Trinajstić information content (AvgIpc) is 3.30. The first-order valence-corrected chi connectivity index (χ1v) is 13.3. The molecule has 0 bridgehead atoms. The SMILES string of the molecule is C[C@H](NC(=O)C[C@@H]1C[C@@H]2c3cc(NC(=O)Nc4ccc(C(F)(F)F)cc4)ccc3O[C@@H]2[C@H](CO)O1)c1ccccc1. The summed E-state index contributed by atoms with van der Waals surface area (Å²) in [5.74, 6) is 0.245. The lowest BCUT2D eigenvalue weighted by atomic mass is 9.84. The Kier molecular flexibility index (Phi) is 8.18. The average molecular weight is 570 g/mol. The second kappa shape index (κ2) is 11.8. The lowest BCUT2D eigenvalue weighted by molar-refractivity contribution is -0.142. The molecule has 5 rings (SSSR count). The summed E-state index contributed by atoms with van der Waals surface area (Å²) in [4.78, 5) is 25.4. The van der Waals surface area contributed by atoms with Crippen molar-refractivity contribution in [2.45, 2.75) is 56.2 Å². The van der Waals surface area contributed by atoms with Crippen molar-refractivity contribution in [1.29, 1.82) is 0 Å². The zero-order valence-electron chi connectivity index (χ0n) is 22.2. The van der Waals surface area contributed by atoms with Crippen LogP contribution in [0.4, 0.5) is 29.3 Å². The van der Waals surface area contributed by atoms with Crippen LogP contribution in [0.25, 0.3) is 0 Å². The van der Waals surface area contributed by atoms with Gasteiger partial charge in [0.25, 0.3) is 0 Å². The summed E-state index contributed by atoms with van der Waals surface area (Å²) in [5, 5.41) is 18.2. The molecular weight excluding hydrogens is 539 g/mol. The van der Waals surface area contributed by atoms with Crippen molar-refractivity contribution in [2.75, 3.05) is 17.2 Å². The van der Waals surface area contributed by atoms with Crippen LogP contribution in [0.1, 0.15) is 48.4 Å². The largest absolute Gasteiger partial charge is 0.487 e. The highest BCUT2D eigenvalue weighted by atomic mass is 19.4. The summed E-state index contributed by atoms with van der Waals surface area (Å²) in [6.07, 6.45) is -5.42. The Morgan fingerprint density at radius 3 is 2.37 bits per heavy atom. The third-order valence-corrected chi connectivity index (χ3v) is 7.32. The molecule has 0 aliphatic carbocycles. The van der Waals surface area contributed by atoms with Crippen LogP contribution in [-0.2, 0) is 15.7 Å². The first-order valence-electron chi connectivity index (χ1n) is 13.3. The highest BCUT2D eigenvalue weighted by Gasteiger charge is 2.46. The molecule has 0 aromatic heterocycles. The van der Waals surface area contributed by atoms with Crippen molar-refractivity contribution in [3.8, 4) is 5.75 Å². The van der Waals surface area contributed by atoms with Gasteiger partial charge in [-0.2, -0.15) is 13.2 Å². The molecule has 2 heterocycles. The van der Waals surface area contributed by atoms with Crippen LogP contribution in [-0.4, -0.2) is 42.0 Å². The fourth-order valence-electron chi connectivity index (χ4n) is 5.34. The predicted molar refractivity (Wildman–Crippen MR) is 146 cm³/mol. The maximum absolute atomic E-state index is 12.8. The number of halogens is 3. The molecular formula is C30H30F3N3O5. The maximum atomic E-state index is 12.8. The minimum atomic E-state index is -4.46. The number of hydrogen-bond acceptors (Lipinski definition) is 5. The third kappa shape index (κ3) is 6.63. The van der Waals surface area contributed by atoms with E-state index in [-0.39, 0.29) is 36.6 Å². The lowest BCUT2D eigenvalue weighted by Gasteiger charge is -2.37. The second-order valence-electron chi connectivity index (χ2n) is 10.2. The first kappa shape index (κ1) is 28.4. The van der Waals surface area contributed by atoms with Crippen LogP contribution >= 0.6 is 0 Å². The summed E-state index contributed by atoms with van der Waals surface area (Å²) < 4.78 is 50.5. The number of rotatable bonds is 7. The molecule has 216 valence electrons. The standard InChI is InChI=1S/C30H30F3N3O5/c1-17(18-5-3-2-4-6-18)34-27(38)15-22-14-24-23-13-21(11-12-25(23)41-28(24)26(16-37)40-22)36-29(39)35-20-9-7-19(8-10-20)30(31,32)33/h2-13,17,22,24,26,28,37H,14-16H2,1H3,(H,34,38)(H2,35,36,39)/t17-,22-,24+,26-,28-/m0/s1. The molecule has 41 heavy (non-hydrogen) atoms. The van der Waals surface area contributed by atoms with Gasteiger partial charge in [-0.25, -0.2) is 4.79 Å². The summed E-state index contributed by atoms with van der Waals surface area (Å²) in [6, 6.07) is 18.1. The van der Waals surface area contributed by atoms with E-state index in [0.717, 1.165) is 23.3 Å². The van der Waals surface area contributed by atoms with E-state index in [9.17, 15) is 27.9 Å². The van der Waals surface area contributed by atoms with Crippen LogP contribution in [0, 0.1) is 0 Å². The number of carbonyl (C=O) groups excluding carboxylic acids is 2. The third-order valence-electron chi connectivity index (χ3n) is 7.32. The number of aliphatic hydroxyl groups is 1. The summed E-state index contributed by atoms with van der Waals surface area (Å²) in [5.41, 5.74) is 1.65. The summed E-state index contributed by atoms with van der Waals surface area (Å²) in [6.45, 7) is 1.62. The van der Waals surface area contributed by atoms with Gasteiger partial charge >= 0.3 is 12.2 Å². The summed E-state index contributed by atoms with van der Waals surface area (Å²) >= 11 is 0. The normalized spacial score (nSPS) is 22.1. The molecule has 2 aliphatic heterocycles. The van der Waals surface area contributed by atoms with Gasteiger partial charge in [-0.15, -0.1) is 0 Å². The molecule has 0 spiro atoms. The highest BCUT2D eigenvalue weighted by Crippen LogP contribution is 2.47. The molecule has 0 unspecified atom stereocenters. The molecule has 3 amide bonds. The molecule has 11 heteroatoms. The molecule has 0 saturated carbocycles. The number of aliphatic hydroxyl groups excluding tert-OH is 1. The van der Waals surface area contributed by atoms with Crippen molar-refractivity contribution < 1.29 is 37.3 Å². The second-order valence-corrected chi connectivity index (χ2v) is 10.2. The molecule has 3 aromatic rings. The molecule has 3 aromatic carbocycles. The number of fused-ring (bicyclic) bond motifs is 3. The number of benzene rings is 3. The van der Waals surface area contributed by atoms with Crippen LogP contribution in [0.15, 0.2) is 72.8 Å². The van der Waals surface area contributed by atoms with Gasteiger partial charge in [-0.05, 0) is 61.4 Å². The van der Waals surface area contributed by atoms with E-state index >= 15 is 0 Å². The van der Waals surface area contributed by atoms with E-state index in [1.807, 2.05) is 37.3 Å². The van der Waals surface area contributed by atoms with Gasteiger partial charge in [0.05, 0.1) is 30.7 Å². The van der Waals surface area contributed by atoms with E-state index in [2.05, 4.69) is 16.0 Å². The summed E-state index contributed by atoms with van der Waals surface area (Å²) in [7, 11) is 0. The quantitative estimate of drug-likeness (QED) is 0.296. The zero-order chi connectivity index (χ0) is 29.1. The fourth-order valence-corrected chi connectivity index (χ4v) is 5.34. The number of nitrogens with one attached hydrogen (secondary N) is 3. The predicted octanol–water partition coefficient (Wildman–Crippen LogP) is 5.61. The van der Waals surface area contributed by atoms with Gasteiger partial charge in [0.2, 0.25) is 5.91 Å². The number of ether oxygens (including phenoxy) is 2. The van der Waals surface area contributed by atoms with E-state index in [1.165, 1.54) is 12.1 Å². The number of alkyl halides is 3. The molecule has 4 N–H and O–H groups in total. The molecule has 8 nitrogen and oxygen atoms in total. The number of amides is 3. The van der Waals surface area contributed by atoms with E-state index in [1.54, 1.807) is 18.2 Å². The van der Waals surface area contributed by atoms with Crippen molar-refractivity contribution >= 4 is 23.3 Å². The Morgan fingerprint density at radius 1 is 1.00 bits per heavy atom. The molecule has 5 atom stereocenters. The Hall–Kier alpha value is -4.09. The van der Waals surface area contributed by atoms with Gasteiger partial charge < -0.3 is 30.5 Å². The molecule has 2 aliphatic rings. The minimum Gasteiger partial charge on any atom is -0.487 e. The fraction of sp³-hybridized carbons (Fsp3) is 0.333. The van der Waals surface area contributed by atoms with Gasteiger partial charge in [-0.1, -0.05) is 30.3 Å². The number of carbonyl (C=O) groups is 2. The van der Waals surface area contributed by atoms with Crippen molar-refractivity contribution in [3.63, 3.8) is 0 Å². The smallest absolute Gasteiger partial charge is 0.416 e. The van der Waals surface area contributed by atoms with Crippen LogP contribution < -0.4 is 20.7 Å². The molecule has 1 saturated heterocycles. The lowest BCUT2D eigenvalue weighted by Crippen LogP contribution is -2.47. The number of anilines is 2. The van der Waals surface area contributed by atoms with E-state index in [4.69, 9.17) is 9.47 Å². The molecule has 0 radical (unpaired) electrons. The first-order chi connectivity index (χ1) is 19.6. The van der Waals surface area contributed by atoms with E-state index in [0.29, 0.717) is 17.9 Å². The highest BCUT2D eigenvalue weighted by molar-refractivity contribution is 5.99. The van der Waals surface area contributed by atoms with E-state index < -0.39 is 36.1 Å². The van der Waals surface area contributed by atoms with Crippen LogP contribution in [0.3, 0.4) is 0 Å². The molecule has 1 fully saturated rings. The van der Waals surface area contributed by atoms with Crippen LogP contribution in [0.5, 0.6) is 5.75 Å². The monoisotopic (exact) mass is 569 g/mol. The number of urea groups is 1. The van der Waals surface area contributed by atoms with Crippen LogP contribution in [0.2, 0.25) is 0 Å². The Labute approximate surface area is 234 Å². The Bertz CT molecular complexity index is 1380. The van der Waals surface area contributed by atoms with Crippen molar-refractivity contribution in [2.24, 2.45) is 0 Å². The Balaban J connectivity index is 1.23. The van der Waals surface area contributed by atoms with Gasteiger partial charge in [-0.3, -0.25) is 4.79 Å². The minimum absolute atomic E-state index is 0.111. The number of hydrogen-bond donors (Lipinski definition) is 4. The topological polar surface area (TPSA) is 109 Å². The van der Waals surface area contributed by atoms with Gasteiger partial charge in [0.1, 0.15) is 18.0 Å². The van der Waals surface area contributed by atoms with Crippen molar-refractivity contribution in [1.82, 2.24) is 5.32 Å². The van der Waals surface area contributed by atoms with Crippen molar-refractivity contribution in [3.05, 3.63) is 89.5 Å².